The van der Waals surface area contributed by atoms with Crippen LogP contribution in [0.1, 0.15) is 18.1 Å². The largest absolute Gasteiger partial charge is 1.00 e. The average molecular weight is 184 g/mol. The van der Waals surface area contributed by atoms with Crippen LogP contribution in [-0.4, -0.2) is 6.54 Å². The quantitative estimate of drug-likeness (QED) is 0.496. The molecule has 2 heteroatoms. The Hall–Kier alpha value is -0.530. The Morgan fingerprint density at radius 2 is 1.67 bits per heavy atom. The molecule has 0 aliphatic carbocycles. The van der Waals surface area contributed by atoms with Gasteiger partial charge in [-0.2, -0.15) is 0 Å². The van der Waals surface area contributed by atoms with Gasteiger partial charge in [-0.05, 0) is 6.92 Å². The number of nitrogens with one attached hydrogen (secondary N) is 1. The van der Waals surface area contributed by atoms with E-state index in [1.807, 2.05) is 0 Å². The Balaban J connectivity index is 0.000000720. The highest BCUT2D eigenvalue weighted by atomic mass is 35.5. The summed E-state index contributed by atoms with van der Waals surface area (Å²) in [6.07, 6.45) is 0. The summed E-state index contributed by atoms with van der Waals surface area (Å²) in [6, 6.07) is 8.77. The minimum Gasteiger partial charge on any atom is -1.00 e. The minimum atomic E-state index is 0. The van der Waals surface area contributed by atoms with E-state index in [9.17, 15) is 0 Å². The first-order valence-electron chi connectivity index (χ1n) is 4.30. The number of fused-ring (bicyclic) bond motifs is 1. The van der Waals surface area contributed by atoms with Gasteiger partial charge < -0.3 is 17.3 Å². The van der Waals surface area contributed by atoms with E-state index in [1.54, 1.807) is 16.0 Å². The first-order valence-corrected chi connectivity index (χ1v) is 4.30. The molecule has 1 nitrogen and oxygen atoms in total. The van der Waals surface area contributed by atoms with Crippen LogP contribution in [0.2, 0.25) is 0 Å². The van der Waals surface area contributed by atoms with Crippen LogP contribution >= 0.6 is 0 Å². The Bertz CT molecular complexity index is 235. The molecule has 1 N–H and O–H groups in total. The first kappa shape index (κ1) is 9.56. The molecule has 0 amide bonds. The van der Waals surface area contributed by atoms with Crippen LogP contribution in [0.4, 0.5) is 0 Å². The summed E-state index contributed by atoms with van der Waals surface area (Å²) in [5.74, 6) is 0. The lowest BCUT2D eigenvalue weighted by Gasteiger charge is -2.06. The van der Waals surface area contributed by atoms with Gasteiger partial charge in [0.15, 0.2) is 0 Å². The van der Waals surface area contributed by atoms with Gasteiger partial charge >= 0.3 is 0 Å². The topological polar surface area (TPSA) is 4.44 Å². The fraction of sp³-hybridized carbons (Fsp3) is 0.400. The molecule has 1 aromatic carbocycles. The van der Waals surface area contributed by atoms with Crippen molar-refractivity contribution in [1.29, 1.82) is 0 Å². The molecule has 0 saturated heterocycles. The van der Waals surface area contributed by atoms with Crippen molar-refractivity contribution in [1.82, 2.24) is 0 Å². The molecule has 0 aromatic heterocycles. The van der Waals surface area contributed by atoms with Crippen LogP contribution in [0, 0.1) is 0 Å². The number of benzene rings is 1. The summed E-state index contributed by atoms with van der Waals surface area (Å²) < 4.78 is 0. The van der Waals surface area contributed by atoms with Gasteiger partial charge in [0.2, 0.25) is 0 Å². The van der Waals surface area contributed by atoms with Crippen molar-refractivity contribution in [2.45, 2.75) is 20.0 Å². The van der Waals surface area contributed by atoms with E-state index < -0.39 is 0 Å². The number of halogens is 1. The van der Waals surface area contributed by atoms with E-state index in [-0.39, 0.29) is 12.4 Å². The molecule has 2 rings (SSSR count). The highest BCUT2D eigenvalue weighted by molar-refractivity contribution is 5.27. The molecule has 1 heterocycles. The summed E-state index contributed by atoms with van der Waals surface area (Å²) in [4.78, 5) is 1.69. The molecule has 12 heavy (non-hydrogen) atoms. The number of hydrogen-bond acceptors (Lipinski definition) is 0. The van der Waals surface area contributed by atoms with Crippen molar-refractivity contribution in [3.63, 3.8) is 0 Å². The van der Waals surface area contributed by atoms with E-state index >= 15 is 0 Å². The van der Waals surface area contributed by atoms with Crippen LogP contribution < -0.4 is 17.3 Å². The second kappa shape index (κ2) is 3.92. The normalized spacial score (nSPS) is 15.4. The average Bonchev–Trinajstić information content (AvgIpc) is 2.46. The van der Waals surface area contributed by atoms with Crippen LogP contribution in [0.25, 0.3) is 0 Å². The highest BCUT2D eigenvalue weighted by Gasteiger charge is 2.19. The number of quaternary nitrogens is 1. The summed E-state index contributed by atoms with van der Waals surface area (Å²) in [7, 11) is 0. The van der Waals surface area contributed by atoms with Crippen molar-refractivity contribution >= 4 is 0 Å². The molecule has 0 unspecified atom stereocenters. The van der Waals surface area contributed by atoms with Crippen molar-refractivity contribution in [2.24, 2.45) is 0 Å². The second-order valence-corrected chi connectivity index (χ2v) is 3.23. The number of rotatable bonds is 1. The van der Waals surface area contributed by atoms with Gasteiger partial charge in [0, 0.05) is 11.1 Å². The van der Waals surface area contributed by atoms with Crippen molar-refractivity contribution in [2.75, 3.05) is 6.54 Å². The van der Waals surface area contributed by atoms with E-state index in [4.69, 9.17) is 0 Å². The lowest BCUT2D eigenvalue weighted by Crippen LogP contribution is -3.07. The summed E-state index contributed by atoms with van der Waals surface area (Å²) >= 11 is 0. The monoisotopic (exact) mass is 183 g/mol. The predicted molar refractivity (Wildman–Crippen MR) is 45.4 cm³/mol. The van der Waals surface area contributed by atoms with E-state index in [1.165, 1.54) is 19.6 Å². The fourth-order valence-electron chi connectivity index (χ4n) is 1.75. The Labute approximate surface area is 79.8 Å². The van der Waals surface area contributed by atoms with Crippen LogP contribution in [0.3, 0.4) is 0 Å². The zero-order chi connectivity index (χ0) is 7.68. The molecule has 66 valence electrons. The minimum absolute atomic E-state index is 0. The van der Waals surface area contributed by atoms with Crippen LogP contribution in [0.15, 0.2) is 24.3 Å². The van der Waals surface area contributed by atoms with Crippen molar-refractivity contribution in [3.05, 3.63) is 35.4 Å². The maximum atomic E-state index is 2.25. The van der Waals surface area contributed by atoms with Gasteiger partial charge in [-0.15, -0.1) is 0 Å². The smallest absolute Gasteiger partial charge is 0.104 e. The molecule has 0 radical (unpaired) electrons. The Morgan fingerprint density at radius 1 is 1.17 bits per heavy atom. The molecule has 0 bridgehead atoms. The number of hydrogen-bond donors (Lipinski definition) is 1. The van der Waals surface area contributed by atoms with Gasteiger partial charge in [0.25, 0.3) is 0 Å². The van der Waals surface area contributed by atoms with Gasteiger partial charge in [-0.3, -0.25) is 0 Å². The maximum absolute atomic E-state index is 2.25. The molecule has 1 aliphatic rings. The third kappa shape index (κ3) is 1.62. The SMILES string of the molecule is CC[NH+]1Cc2ccccc2C1.[Cl-]. The fourth-order valence-corrected chi connectivity index (χ4v) is 1.75. The molecule has 0 saturated carbocycles. The Morgan fingerprint density at radius 3 is 2.08 bits per heavy atom. The Kier molecular flexibility index (Phi) is 3.12. The predicted octanol–water partition coefficient (Wildman–Crippen LogP) is -2.39. The van der Waals surface area contributed by atoms with Gasteiger partial charge in [0.05, 0.1) is 6.54 Å². The molecule has 1 aromatic rings. The zero-order valence-corrected chi connectivity index (χ0v) is 8.06. The summed E-state index contributed by atoms with van der Waals surface area (Å²) in [5.41, 5.74) is 3.09. The van der Waals surface area contributed by atoms with E-state index in [0.29, 0.717) is 0 Å². The van der Waals surface area contributed by atoms with Gasteiger partial charge in [-0.25, -0.2) is 0 Å². The molecule has 0 fully saturated rings. The standard InChI is InChI=1S/C10H13N.ClH/c1-2-11-7-9-5-3-4-6-10(9)8-11;/h3-6H,2,7-8H2,1H3;1H. The van der Waals surface area contributed by atoms with E-state index in [0.717, 1.165) is 0 Å². The third-order valence-electron chi connectivity index (χ3n) is 2.50. The first-order chi connectivity index (χ1) is 5.40. The lowest BCUT2D eigenvalue weighted by molar-refractivity contribution is -0.918. The zero-order valence-electron chi connectivity index (χ0n) is 7.31. The van der Waals surface area contributed by atoms with Gasteiger partial charge in [-0.1, -0.05) is 24.3 Å². The molecule has 1 aliphatic heterocycles. The lowest BCUT2D eigenvalue weighted by atomic mass is 10.1. The second-order valence-electron chi connectivity index (χ2n) is 3.23. The van der Waals surface area contributed by atoms with Crippen LogP contribution in [0.5, 0.6) is 0 Å². The van der Waals surface area contributed by atoms with E-state index in [2.05, 4.69) is 31.2 Å². The van der Waals surface area contributed by atoms with Crippen molar-refractivity contribution < 1.29 is 17.3 Å². The summed E-state index contributed by atoms with van der Waals surface area (Å²) in [6.45, 7) is 5.95. The highest BCUT2D eigenvalue weighted by Crippen LogP contribution is 2.10. The van der Waals surface area contributed by atoms with Crippen LogP contribution in [-0.2, 0) is 13.1 Å². The molecular formula is C10H14ClN. The maximum Gasteiger partial charge on any atom is 0.104 e. The molecular weight excluding hydrogens is 170 g/mol. The van der Waals surface area contributed by atoms with Crippen molar-refractivity contribution in [3.8, 4) is 0 Å². The molecule has 0 spiro atoms. The third-order valence-corrected chi connectivity index (χ3v) is 2.50. The molecule has 0 atom stereocenters. The van der Waals surface area contributed by atoms with Gasteiger partial charge in [0.1, 0.15) is 13.1 Å². The summed E-state index contributed by atoms with van der Waals surface area (Å²) in [5, 5.41) is 0.